The van der Waals surface area contributed by atoms with Gasteiger partial charge in [-0.25, -0.2) is 0 Å². The molecule has 0 spiro atoms. The third kappa shape index (κ3) is 5.02. The van der Waals surface area contributed by atoms with Crippen molar-refractivity contribution in [1.29, 1.82) is 0 Å². The van der Waals surface area contributed by atoms with Crippen molar-refractivity contribution in [2.45, 2.75) is 19.6 Å². The minimum atomic E-state index is -4.46. The molecular formula is C23H25ClF3N3O2. The van der Waals surface area contributed by atoms with E-state index in [1.165, 1.54) is 12.1 Å². The molecule has 1 aliphatic rings. The number of hydrogen-bond donors (Lipinski definition) is 0. The lowest BCUT2D eigenvalue weighted by Crippen LogP contribution is -2.46. The van der Waals surface area contributed by atoms with Gasteiger partial charge in [-0.3, -0.25) is 4.90 Å². The standard InChI is InChI=1S/C23H24F3N3O2.ClH/c1-16-20(22(27-31-16)19-8-3-4-9-21(19)23(24,25)26)15-28-10-12-29(13-11-28)17-6-5-7-18(14-17)30-2;/h3-9,14H,10-13,15H2,1-2H3;1H. The predicted molar refractivity (Wildman–Crippen MR) is 119 cm³/mol. The van der Waals surface area contributed by atoms with Crippen LogP contribution in [0.5, 0.6) is 5.75 Å². The van der Waals surface area contributed by atoms with Crippen LogP contribution in [0.1, 0.15) is 16.9 Å². The fourth-order valence-corrected chi connectivity index (χ4v) is 3.92. The molecule has 4 rings (SSSR count). The minimum Gasteiger partial charge on any atom is -0.497 e. The van der Waals surface area contributed by atoms with Gasteiger partial charge < -0.3 is 14.2 Å². The van der Waals surface area contributed by atoms with E-state index in [1.54, 1.807) is 20.1 Å². The van der Waals surface area contributed by atoms with Gasteiger partial charge in [-0.1, -0.05) is 29.4 Å². The van der Waals surface area contributed by atoms with E-state index in [-0.39, 0.29) is 23.7 Å². The lowest BCUT2D eigenvalue weighted by atomic mass is 10.00. The summed E-state index contributed by atoms with van der Waals surface area (Å²) in [6, 6.07) is 13.4. The predicted octanol–water partition coefficient (Wildman–Crippen LogP) is 5.42. The summed E-state index contributed by atoms with van der Waals surface area (Å²) in [5, 5.41) is 3.98. The Morgan fingerprint density at radius 1 is 1.03 bits per heavy atom. The molecule has 0 N–H and O–H groups in total. The van der Waals surface area contributed by atoms with Crippen LogP contribution in [0.3, 0.4) is 0 Å². The maximum Gasteiger partial charge on any atom is 0.417 e. The van der Waals surface area contributed by atoms with E-state index in [2.05, 4.69) is 21.0 Å². The van der Waals surface area contributed by atoms with Gasteiger partial charge in [0.2, 0.25) is 0 Å². The Hall–Kier alpha value is -2.71. The van der Waals surface area contributed by atoms with Crippen LogP contribution in [-0.2, 0) is 12.7 Å². The summed E-state index contributed by atoms with van der Waals surface area (Å²) in [5.41, 5.74) is 1.41. The summed E-state index contributed by atoms with van der Waals surface area (Å²) in [5.74, 6) is 1.36. The normalized spacial score (nSPS) is 14.8. The van der Waals surface area contributed by atoms with Crippen LogP contribution in [0.25, 0.3) is 11.3 Å². The molecule has 2 aromatic carbocycles. The van der Waals surface area contributed by atoms with Crippen molar-refractivity contribution in [1.82, 2.24) is 10.1 Å². The Morgan fingerprint density at radius 2 is 1.75 bits per heavy atom. The second kappa shape index (κ2) is 9.83. The van der Waals surface area contributed by atoms with Crippen molar-refractivity contribution in [2.75, 3.05) is 38.2 Å². The number of ether oxygens (including phenoxy) is 1. The summed E-state index contributed by atoms with van der Waals surface area (Å²) < 4.78 is 51.1. The summed E-state index contributed by atoms with van der Waals surface area (Å²) in [7, 11) is 1.65. The van der Waals surface area contributed by atoms with Gasteiger partial charge in [-0.15, -0.1) is 12.4 Å². The molecule has 0 radical (unpaired) electrons. The molecule has 0 atom stereocenters. The second-order valence-corrected chi connectivity index (χ2v) is 7.57. The van der Waals surface area contributed by atoms with Crippen molar-refractivity contribution in [3.8, 4) is 17.0 Å². The zero-order valence-corrected chi connectivity index (χ0v) is 18.7. The molecule has 0 bridgehead atoms. The first kappa shape index (κ1) is 23.9. The highest BCUT2D eigenvalue weighted by molar-refractivity contribution is 5.85. The van der Waals surface area contributed by atoms with Gasteiger partial charge in [0, 0.05) is 55.6 Å². The quantitative estimate of drug-likeness (QED) is 0.501. The smallest absolute Gasteiger partial charge is 0.417 e. The summed E-state index contributed by atoms with van der Waals surface area (Å²) in [6.45, 7) is 5.42. The SMILES string of the molecule is COc1cccc(N2CCN(Cc3c(-c4ccccc4C(F)(F)F)noc3C)CC2)c1.Cl. The van der Waals surface area contributed by atoms with E-state index < -0.39 is 11.7 Å². The van der Waals surface area contributed by atoms with E-state index >= 15 is 0 Å². The van der Waals surface area contributed by atoms with Crippen LogP contribution in [0.4, 0.5) is 18.9 Å². The number of aromatic nitrogens is 1. The number of piperazine rings is 1. The van der Waals surface area contributed by atoms with Crippen molar-refractivity contribution in [3.05, 3.63) is 65.4 Å². The lowest BCUT2D eigenvalue weighted by Gasteiger charge is -2.36. The Morgan fingerprint density at radius 3 is 2.44 bits per heavy atom. The van der Waals surface area contributed by atoms with Gasteiger partial charge in [0.25, 0.3) is 0 Å². The monoisotopic (exact) mass is 467 g/mol. The third-order valence-electron chi connectivity index (χ3n) is 5.64. The van der Waals surface area contributed by atoms with Gasteiger partial charge in [0.05, 0.1) is 12.7 Å². The Balaban J connectivity index is 0.00000289. The number of anilines is 1. The molecule has 1 saturated heterocycles. The second-order valence-electron chi connectivity index (χ2n) is 7.57. The molecule has 172 valence electrons. The molecule has 9 heteroatoms. The largest absolute Gasteiger partial charge is 0.497 e. The van der Waals surface area contributed by atoms with E-state index in [9.17, 15) is 13.2 Å². The molecule has 32 heavy (non-hydrogen) atoms. The van der Waals surface area contributed by atoms with Crippen molar-refractivity contribution < 1.29 is 22.4 Å². The average Bonchev–Trinajstić information content (AvgIpc) is 3.13. The highest BCUT2D eigenvalue weighted by Gasteiger charge is 2.35. The van der Waals surface area contributed by atoms with Crippen molar-refractivity contribution >= 4 is 18.1 Å². The van der Waals surface area contributed by atoms with E-state index in [4.69, 9.17) is 9.26 Å². The van der Waals surface area contributed by atoms with Crippen molar-refractivity contribution in [2.24, 2.45) is 0 Å². The number of halogens is 4. The average molecular weight is 468 g/mol. The molecular weight excluding hydrogens is 443 g/mol. The lowest BCUT2D eigenvalue weighted by molar-refractivity contribution is -0.137. The van der Waals surface area contributed by atoms with E-state index in [0.29, 0.717) is 17.9 Å². The van der Waals surface area contributed by atoms with Crippen LogP contribution in [-0.4, -0.2) is 43.3 Å². The Labute approximate surface area is 191 Å². The summed E-state index contributed by atoms with van der Waals surface area (Å²) in [4.78, 5) is 4.50. The number of hydrogen-bond acceptors (Lipinski definition) is 5. The van der Waals surface area contributed by atoms with Gasteiger partial charge in [-0.2, -0.15) is 13.2 Å². The fraction of sp³-hybridized carbons (Fsp3) is 0.348. The maximum atomic E-state index is 13.5. The van der Waals surface area contributed by atoms with E-state index in [1.807, 2.05) is 18.2 Å². The fourth-order valence-electron chi connectivity index (χ4n) is 3.92. The summed E-state index contributed by atoms with van der Waals surface area (Å²) >= 11 is 0. The molecule has 5 nitrogen and oxygen atoms in total. The topological polar surface area (TPSA) is 41.7 Å². The molecule has 1 fully saturated rings. The number of methoxy groups -OCH3 is 1. The van der Waals surface area contributed by atoms with Gasteiger partial charge in [0.1, 0.15) is 17.2 Å². The van der Waals surface area contributed by atoms with Gasteiger partial charge in [0.15, 0.2) is 0 Å². The van der Waals surface area contributed by atoms with Crippen molar-refractivity contribution in [3.63, 3.8) is 0 Å². The van der Waals surface area contributed by atoms with Crippen LogP contribution in [0.2, 0.25) is 0 Å². The first-order chi connectivity index (χ1) is 14.9. The first-order valence-corrected chi connectivity index (χ1v) is 10.1. The number of alkyl halides is 3. The molecule has 1 aromatic heterocycles. The highest BCUT2D eigenvalue weighted by Crippen LogP contribution is 2.38. The molecule has 2 heterocycles. The number of aryl methyl sites for hydroxylation is 1. The third-order valence-corrected chi connectivity index (χ3v) is 5.64. The number of benzene rings is 2. The van der Waals surface area contributed by atoms with Crippen LogP contribution >= 0.6 is 12.4 Å². The van der Waals surface area contributed by atoms with Crippen LogP contribution in [0, 0.1) is 6.92 Å². The molecule has 0 saturated carbocycles. The molecule has 3 aromatic rings. The van der Waals surface area contributed by atoms with Gasteiger partial charge >= 0.3 is 6.18 Å². The van der Waals surface area contributed by atoms with Gasteiger partial charge in [-0.05, 0) is 25.1 Å². The Kier molecular flexibility index (Phi) is 7.36. The molecule has 0 unspecified atom stereocenters. The zero-order chi connectivity index (χ0) is 22.0. The highest BCUT2D eigenvalue weighted by atomic mass is 35.5. The summed E-state index contributed by atoms with van der Waals surface area (Å²) in [6.07, 6.45) is -4.46. The maximum absolute atomic E-state index is 13.5. The van der Waals surface area contributed by atoms with E-state index in [0.717, 1.165) is 43.7 Å². The number of nitrogens with zero attached hydrogens (tertiary/aromatic N) is 3. The first-order valence-electron chi connectivity index (χ1n) is 10.1. The number of rotatable bonds is 5. The Bertz CT molecular complexity index is 1050. The van der Waals surface area contributed by atoms with Crippen LogP contribution < -0.4 is 9.64 Å². The zero-order valence-electron chi connectivity index (χ0n) is 17.9. The molecule has 0 aliphatic carbocycles. The molecule has 0 amide bonds. The van der Waals surface area contributed by atoms with Crippen LogP contribution in [0.15, 0.2) is 53.1 Å². The minimum absolute atomic E-state index is 0. The molecule has 1 aliphatic heterocycles.